The second kappa shape index (κ2) is 4.26. The van der Waals surface area contributed by atoms with E-state index in [0.29, 0.717) is 0 Å². The van der Waals surface area contributed by atoms with Crippen LogP contribution in [0.1, 0.15) is 10.4 Å². The molecule has 0 aliphatic rings. The summed E-state index contributed by atoms with van der Waals surface area (Å²) >= 11 is 5.55. The summed E-state index contributed by atoms with van der Waals surface area (Å²) in [5.74, 6) is -2.54. The van der Waals surface area contributed by atoms with Crippen LogP contribution in [0.3, 0.4) is 0 Å². The Kier molecular flexibility index (Phi) is 3.39. The van der Waals surface area contributed by atoms with Crippen LogP contribution in [-0.4, -0.2) is 25.7 Å². The van der Waals surface area contributed by atoms with E-state index >= 15 is 0 Å². The van der Waals surface area contributed by atoms with E-state index in [4.69, 9.17) is 16.7 Å². The molecule has 0 aliphatic heterocycles. The molecular formula is C8H7ClFNO4S. The lowest BCUT2D eigenvalue weighted by Gasteiger charge is -2.07. The van der Waals surface area contributed by atoms with Crippen molar-refractivity contribution in [3.63, 3.8) is 0 Å². The Labute approximate surface area is 95.9 Å². The third-order valence-corrected chi connectivity index (χ3v) is 2.49. The smallest absolute Gasteiger partial charge is 0.338 e. The van der Waals surface area contributed by atoms with Crippen molar-refractivity contribution in [1.29, 1.82) is 0 Å². The van der Waals surface area contributed by atoms with E-state index in [9.17, 15) is 17.6 Å². The summed E-state index contributed by atoms with van der Waals surface area (Å²) in [4.78, 5) is 10.6. The Balaban J connectivity index is 3.31. The predicted octanol–water partition coefficient (Wildman–Crippen LogP) is 1.55. The van der Waals surface area contributed by atoms with Gasteiger partial charge in [0, 0.05) is 0 Å². The van der Waals surface area contributed by atoms with E-state index in [2.05, 4.69) is 0 Å². The zero-order valence-corrected chi connectivity index (χ0v) is 9.56. The first-order valence-electron chi connectivity index (χ1n) is 3.91. The molecular weight excluding hydrogens is 261 g/mol. The third kappa shape index (κ3) is 3.07. The van der Waals surface area contributed by atoms with Crippen molar-refractivity contribution in [3.05, 3.63) is 28.5 Å². The molecule has 8 heteroatoms. The summed E-state index contributed by atoms with van der Waals surface area (Å²) in [5.41, 5.74) is -0.835. The van der Waals surface area contributed by atoms with Gasteiger partial charge in [-0.2, -0.15) is 0 Å². The van der Waals surface area contributed by atoms with Crippen molar-refractivity contribution in [2.24, 2.45) is 0 Å². The van der Waals surface area contributed by atoms with Crippen LogP contribution in [0.15, 0.2) is 12.1 Å². The van der Waals surface area contributed by atoms with Crippen LogP contribution >= 0.6 is 11.6 Å². The molecule has 0 radical (unpaired) electrons. The van der Waals surface area contributed by atoms with Crippen molar-refractivity contribution in [2.45, 2.75) is 0 Å². The van der Waals surface area contributed by atoms with Gasteiger partial charge in [0.05, 0.1) is 22.5 Å². The van der Waals surface area contributed by atoms with E-state index in [-0.39, 0.29) is 10.7 Å². The Morgan fingerprint density at radius 1 is 1.50 bits per heavy atom. The molecule has 5 nitrogen and oxygen atoms in total. The van der Waals surface area contributed by atoms with Gasteiger partial charge in [-0.05, 0) is 12.1 Å². The Morgan fingerprint density at radius 2 is 2.06 bits per heavy atom. The molecule has 0 aliphatic carbocycles. The number of hydrogen-bond acceptors (Lipinski definition) is 3. The molecule has 1 aromatic rings. The third-order valence-electron chi connectivity index (χ3n) is 1.58. The molecule has 1 rings (SSSR count). The minimum atomic E-state index is -3.60. The molecule has 0 saturated carbocycles. The first kappa shape index (κ1) is 12.7. The number of halogens is 2. The van der Waals surface area contributed by atoms with E-state index in [1.807, 2.05) is 4.72 Å². The fourth-order valence-electron chi connectivity index (χ4n) is 0.991. The highest BCUT2D eigenvalue weighted by atomic mass is 35.5. The van der Waals surface area contributed by atoms with Crippen LogP contribution in [0, 0.1) is 5.82 Å². The molecule has 0 saturated heterocycles. The standard InChI is InChI=1S/C8H7ClFNO4S/c1-16(14,15)11-7-2-4(8(12)13)6(10)3-5(7)9/h2-3,11H,1H3,(H,12,13). The van der Waals surface area contributed by atoms with Crippen LogP contribution in [-0.2, 0) is 10.0 Å². The fourth-order valence-corrected chi connectivity index (χ4v) is 1.81. The molecule has 0 spiro atoms. The summed E-state index contributed by atoms with van der Waals surface area (Å²) in [5, 5.41) is 8.40. The highest BCUT2D eigenvalue weighted by Crippen LogP contribution is 2.26. The zero-order chi connectivity index (χ0) is 12.5. The lowest BCUT2D eigenvalue weighted by molar-refractivity contribution is 0.0692. The summed E-state index contributed by atoms with van der Waals surface area (Å²) < 4.78 is 36.9. The van der Waals surface area contributed by atoms with Gasteiger partial charge in [0.25, 0.3) is 0 Å². The van der Waals surface area contributed by atoms with Crippen LogP contribution in [0.25, 0.3) is 0 Å². The highest BCUT2D eigenvalue weighted by molar-refractivity contribution is 7.92. The van der Waals surface area contributed by atoms with E-state index < -0.39 is 27.4 Å². The Hall–Kier alpha value is -1.34. The number of nitrogens with one attached hydrogen (secondary N) is 1. The van der Waals surface area contributed by atoms with Gasteiger partial charge in [0.1, 0.15) is 5.82 Å². The number of aromatic carboxylic acids is 1. The first-order chi connectivity index (χ1) is 7.20. The maximum atomic E-state index is 13.1. The van der Waals surface area contributed by atoms with Crippen LogP contribution in [0.4, 0.5) is 10.1 Å². The number of hydrogen-bond donors (Lipinski definition) is 2. The number of sulfonamides is 1. The van der Waals surface area contributed by atoms with Crippen LogP contribution in [0.2, 0.25) is 5.02 Å². The molecule has 0 amide bonds. The lowest BCUT2D eigenvalue weighted by Crippen LogP contribution is -2.11. The van der Waals surface area contributed by atoms with E-state index in [1.165, 1.54) is 0 Å². The molecule has 0 aromatic heterocycles. The number of carbonyl (C=O) groups is 1. The van der Waals surface area contributed by atoms with Crippen molar-refractivity contribution in [2.75, 3.05) is 11.0 Å². The number of anilines is 1. The molecule has 0 bridgehead atoms. The van der Waals surface area contributed by atoms with Crippen molar-refractivity contribution < 1.29 is 22.7 Å². The largest absolute Gasteiger partial charge is 0.478 e. The number of benzene rings is 1. The fraction of sp³-hybridized carbons (Fsp3) is 0.125. The van der Waals surface area contributed by atoms with Crippen LogP contribution in [0.5, 0.6) is 0 Å². The predicted molar refractivity (Wildman–Crippen MR) is 56.8 cm³/mol. The van der Waals surface area contributed by atoms with Gasteiger partial charge < -0.3 is 5.11 Å². The second-order valence-corrected chi connectivity index (χ2v) is 5.15. The molecule has 88 valence electrons. The van der Waals surface area contributed by atoms with Gasteiger partial charge in [0.2, 0.25) is 10.0 Å². The molecule has 0 fully saturated rings. The maximum absolute atomic E-state index is 13.1. The second-order valence-electron chi connectivity index (χ2n) is 2.99. The molecule has 16 heavy (non-hydrogen) atoms. The molecule has 2 N–H and O–H groups in total. The molecule has 0 atom stereocenters. The lowest BCUT2D eigenvalue weighted by atomic mass is 10.2. The highest BCUT2D eigenvalue weighted by Gasteiger charge is 2.15. The van der Waals surface area contributed by atoms with Gasteiger partial charge in [-0.15, -0.1) is 0 Å². The zero-order valence-electron chi connectivity index (χ0n) is 7.99. The van der Waals surface area contributed by atoms with Crippen molar-refractivity contribution in [1.82, 2.24) is 0 Å². The average molecular weight is 268 g/mol. The number of rotatable bonds is 3. The Bertz CT molecular complexity index is 543. The SMILES string of the molecule is CS(=O)(=O)Nc1cc(C(=O)O)c(F)cc1Cl. The topological polar surface area (TPSA) is 83.5 Å². The van der Waals surface area contributed by atoms with Crippen molar-refractivity contribution in [3.8, 4) is 0 Å². The summed E-state index contributed by atoms with van der Waals surface area (Å²) in [6, 6.07) is 1.56. The summed E-state index contributed by atoms with van der Waals surface area (Å²) in [6.07, 6.45) is 0.868. The monoisotopic (exact) mass is 267 g/mol. The van der Waals surface area contributed by atoms with E-state index in [0.717, 1.165) is 18.4 Å². The van der Waals surface area contributed by atoms with E-state index in [1.54, 1.807) is 0 Å². The first-order valence-corrected chi connectivity index (χ1v) is 6.18. The minimum Gasteiger partial charge on any atom is -0.478 e. The number of carboxylic acid groups (broad SMARTS) is 1. The summed E-state index contributed by atoms with van der Waals surface area (Å²) in [7, 11) is -3.60. The normalized spacial score (nSPS) is 11.2. The quantitative estimate of drug-likeness (QED) is 0.870. The van der Waals surface area contributed by atoms with Gasteiger partial charge in [-0.1, -0.05) is 11.6 Å². The van der Waals surface area contributed by atoms with Gasteiger partial charge in [0.15, 0.2) is 0 Å². The minimum absolute atomic E-state index is 0.178. The van der Waals surface area contributed by atoms with Crippen molar-refractivity contribution >= 4 is 33.3 Å². The van der Waals surface area contributed by atoms with Gasteiger partial charge in [-0.25, -0.2) is 17.6 Å². The molecule has 0 unspecified atom stereocenters. The average Bonchev–Trinajstić information content (AvgIpc) is 2.07. The maximum Gasteiger partial charge on any atom is 0.338 e. The van der Waals surface area contributed by atoms with Gasteiger partial charge >= 0.3 is 5.97 Å². The summed E-state index contributed by atoms with van der Waals surface area (Å²) in [6.45, 7) is 0. The molecule has 1 aromatic carbocycles. The number of carboxylic acids is 1. The van der Waals surface area contributed by atoms with Gasteiger partial charge in [-0.3, -0.25) is 4.72 Å². The Morgan fingerprint density at radius 3 is 2.50 bits per heavy atom. The molecule has 0 heterocycles. The van der Waals surface area contributed by atoms with Crippen LogP contribution < -0.4 is 4.72 Å².